The first-order chi connectivity index (χ1) is 18.0. The van der Waals surface area contributed by atoms with E-state index in [0.29, 0.717) is 23.8 Å². The van der Waals surface area contributed by atoms with E-state index < -0.39 is 0 Å². The van der Waals surface area contributed by atoms with Crippen molar-refractivity contribution in [3.05, 3.63) is 84.4 Å². The molecule has 0 atom stereocenters. The zero-order chi connectivity index (χ0) is 25.8. The number of aromatic nitrogens is 2. The largest absolute Gasteiger partial charge is 0.492 e. The van der Waals surface area contributed by atoms with Crippen molar-refractivity contribution in [1.82, 2.24) is 14.9 Å². The minimum absolute atomic E-state index is 0.0773. The van der Waals surface area contributed by atoms with Gasteiger partial charge in [0.2, 0.25) is 0 Å². The first kappa shape index (κ1) is 24.9. The minimum atomic E-state index is -0.0773. The Hall–Kier alpha value is -3.81. The Morgan fingerprint density at radius 1 is 0.919 bits per heavy atom. The summed E-state index contributed by atoms with van der Waals surface area (Å²) < 4.78 is 6.81. The summed E-state index contributed by atoms with van der Waals surface area (Å²) >= 11 is 1.52. The van der Waals surface area contributed by atoms with E-state index in [0.717, 1.165) is 51.1 Å². The van der Waals surface area contributed by atoms with Crippen LogP contribution in [0.5, 0.6) is 5.75 Å². The molecule has 188 valence electrons. The molecule has 0 bridgehead atoms. The quantitative estimate of drug-likeness (QED) is 0.226. The Balaban J connectivity index is 1.62. The second kappa shape index (κ2) is 11.1. The molecule has 5 aromatic rings. The molecule has 2 heterocycles. The Bertz CT molecular complexity index is 1530. The predicted octanol–water partition coefficient (Wildman–Crippen LogP) is 6.51. The number of carbonyl (C=O) groups excluding carboxylic acids is 1. The number of hydrogen-bond donors (Lipinski definition) is 0. The van der Waals surface area contributed by atoms with Crippen LogP contribution >= 0.6 is 11.3 Å². The normalized spacial score (nSPS) is 11.4. The summed E-state index contributed by atoms with van der Waals surface area (Å²) in [5.74, 6) is 0.662. The monoisotopic (exact) mass is 510 g/mol. The Kier molecular flexibility index (Phi) is 7.44. The van der Waals surface area contributed by atoms with E-state index >= 15 is 0 Å². The standard InChI is InChI=1S/C30H30N4O2S/c1-4-36-26-16-10-17-27-28(26)32-30(37-27)34(19-11-18-33(2)3)29(35)23-20-25(21-12-6-5-7-13-21)31-24-15-9-8-14-22(23)24/h5-10,12-17,20H,4,11,18-19H2,1-3H3. The summed E-state index contributed by atoms with van der Waals surface area (Å²) in [5, 5.41) is 1.51. The summed E-state index contributed by atoms with van der Waals surface area (Å²) in [6, 6.07) is 25.6. The van der Waals surface area contributed by atoms with E-state index in [2.05, 4.69) is 4.90 Å². The molecule has 0 aliphatic carbocycles. The van der Waals surface area contributed by atoms with E-state index in [1.165, 1.54) is 11.3 Å². The van der Waals surface area contributed by atoms with Crippen molar-refractivity contribution in [1.29, 1.82) is 0 Å². The summed E-state index contributed by atoms with van der Waals surface area (Å²) in [4.78, 5) is 28.0. The van der Waals surface area contributed by atoms with Crippen LogP contribution < -0.4 is 9.64 Å². The number of fused-ring (bicyclic) bond motifs is 2. The lowest BCUT2D eigenvalue weighted by Gasteiger charge is -2.22. The van der Waals surface area contributed by atoms with Gasteiger partial charge in [0.25, 0.3) is 5.91 Å². The molecule has 0 N–H and O–H groups in total. The maximum Gasteiger partial charge on any atom is 0.260 e. The number of rotatable bonds is 9. The zero-order valence-electron chi connectivity index (χ0n) is 21.3. The molecule has 7 heteroatoms. The summed E-state index contributed by atoms with van der Waals surface area (Å²) in [6.45, 7) is 3.94. The van der Waals surface area contributed by atoms with Crippen molar-refractivity contribution in [2.24, 2.45) is 0 Å². The maximum absolute atomic E-state index is 14.3. The number of amides is 1. The Morgan fingerprint density at radius 3 is 2.49 bits per heavy atom. The van der Waals surface area contributed by atoms with Gasteiger partial charge in [-0.05, 0) is 58.3 Å². The number of ether oxygens (including phenoxy) is 1. The Morgan fingerprint density at radius 2 is 1.70 bits per heavy atom. The molecule has 6 nitrogen and oxygen atoms in total. The fourth-order valence-electron chi connectivity index (χ4n) is 4.38. The van der Waals surface area contributed by atoms with Gasteiger partial charge in [0.15, 0.2) is 5.13 Å². The molecule has 0 radical (unpaired) electrons. The molecule has 0 unspecified atom stereocenters. The number of thiazole rings is 1. The molecule has 3 aromatic carbocycles. The molecule has 0 aliphatic rings. The smallest absolute Gasteiger partial charge is 0.260 e. The van der Waals surface area contributed by atoms with Crippen LogP contribution in [0.15, 0.2) is 78.9 Å². The molecular formula is C30H30N4O2S. The van der Waals surface area contributed by atoms with Crippen molar-refractivity contribution < 1.29 is 9.53 Å². The van der Waals surface area contributed by atoms with Crippen LogP contribution in [0.1, 0.15) is 23.7 Å². The molecule has 37 heavy (non-hydrogen) atoms. The van der Waals surface area contributed by atoms with Crippen LogP contribution in [0.3, 0.4) is 0 Å². The van der Waals surface area contributed by atoms with Crippen molar-refractivity contribution in [2.45, 2.75) is 13.3 Å². The number of carbonyl (C=O) groups is 1. The zero-order valence-corrected chi connectivity index (χ0v) is 22.2. The van der Waals surface area contributed by atoms with Crippen LogP contribution in [-0.2, 0) is 0 Å². The third kappa shape index (κ3) is 5.33. The second-order valence-corrected chi connectivity index (χ2v) is 10.1. The SMILES string of the molecule is CCOc1cccc2sc(N(CCCN(C)C)C(=O)c3cc(-c4ccccc4)nc4ccccc34)nc12. The number of benzene rings is 3. The highest BCUT2D eigenvalue weighted by atomic mass is 32.1. The van der Waals surface area contributed by atoms with Gasteiger partial charge in [-0.15, -0.1) is 0 Å². The van der Waals surface area contributed by atoms with E-state index in [9.17, 15) is 4.79 Å². The highest BCUT2D eigenvalue weighted by molar-refractivity contribution is 7.22. The van der Waals surface area contributed by atoms with Crippen LogP contribution in [0.2, 0.25) is 0 Å². The van der Waals surface area contributed by atoms with Crippen LogP contribution in [0, 0.1) is 0 Å². The third-order valence-electron chi connectivity index (χ3n) is 6.15. The van der Waals surface area contributed by atoms with Gasteiger partial charge in [0.1, 0.15) is 11.3 Å². The first-order valence-corrected chi connectivity index (χ1v) is 13.3. The minimum Gasteiger partial charge on any atom is -0.492 e. The van der Waals surface area contributed by atoms with Gasteiger partial charge in [-0.25, -0.2) is 9.97 Å². The molecule has 0 fully saturated rings. The van der Waals surface area contributed by atoms with Crippen LogP contribution in [0.4, 0.5) is 5.13 Å². The summed E-state index contributed by atoms with van der Waals surface area (Å²) in [7, 11) is 4.08. The van der Waals surface area contributed by atoms with Crippen molar-refractivity contribution in [3.63, 3.8) is 0 Å². The number of hydrogen-bond acceptors (Lipinski definition) is 6. The van der Waals surface area contributed by atoms with Crippen molar-refractivity contribution in [2.75, 3.05) is 38.7 Å². The number of pyridine rings is 1. The van der Waals surface area contributed by atoms with E-state index in [-0.39, 0.29) is 5.91 Å². The van der Waals surface area contributed by atoms with E-state index in [1.807, 2.05) is 105 Å². The van der Waals surface area contributed by atoms with E-state index in [1.54, 1.807) is 0 Å². The molecule has 0 spiro atoms. The first-order valence-electron chi connectivity index (χ1n) is 12.5. The maximum atomic E-state index is 14.3. The average molecular weight is 511 g/mol. The van der Waals surface area contributed by atoms with Crippen LogP contribution in [-0.4, -0.2) is 54.6 Å². The Labute approximate surface area is 221 Å². The fourth-order valence-corrected chi connectivity index (χ4v) is 5.39. The third-order valence-corrected chi connectivity index (χ3v) is 7.19. The van der Waals surface area contributed by atoms with Gasteiger partial charge in [0.05, 0.1) is 28.1 Å². The van der Waals surface area contributed by atoms with Gasteiger partial charge in [-0.2, -0.15) is 0 Å². The molecule has 2 aromatic heterocycles. The van der Waals surface area contributed by atoms with E-state index in [4.69, 9.17) is 14.7 Å². The molecule has 5 rings (SSSR count). The fraction of sp³-hybridized carbons (Fsp3) is 0.233. The number of para-hydroxylation sites is 2. The summed E-state index contributed by atoms with van der Waals surface area (Å²) in [6.07, 6.45) is 0.821. The molecular weight excluding hydrogens is 480 g/mol. The summed E-state index contributed by atoms with van der Waals surface area (Å²) in [5.41, 5.74) is 3.96. The van der Waals surface area contributed by atoms with Gasteiger partial charge < -0.3 is 9.64 Å². The molecule has 1 amide bonds. The van der Waals surface area contributed by atoms with Gasteiger partial charge in [-0.1, -0.05) is 65.9 Å². The highest BCUT2D eigenvalue weighted by Gasteiger charge is 2.25. The molecule has 0 saturated heterocycles. The van der Waals surface area contributed by atoms with Gasteiger partial charge >= 0.3 is 0 Å². The lowest BCUT2D eigenvalue weighted by molar-refractivity contribution is 0.0987. The topological polar surface area (TPSA) is 58.6 Å². The van der Waals surface area contributed by atoms with Gasteiger partial charge in [0, 0.05) is 17.5 Å². The lowest BCUT2D eigenvalue weighted by Crippen LogP contribution is -2.33. The lowest BCUT2D eigenvalue weighted by atomic mass is 10.0. The van der Waals surface area contributed by atoms with Crippen molar-refractivity contribution in [3.8, 4) is 17.0 Å². The number of nitrogens with zero attached hydrogens (tertiary/aromatic N) is 4. The predicted molar refractivity (Wildman–Crippen MR) is 153 cm³/mol. The molecule has 0 aliphatic heterocycles. The highest BCUT2D eigenvalue weighted by Crippen LogP contribution is 2.36. The molecule has 0 saturated carbocycles. The average Bonchev–Trinajstić information content (AvgIpc) is 3.35. The van der Waals surface area contributed by atoms with Crippen molar-refractivity contribution >= 4 is 43.5 Å². The second-order valence-electron chi connectivity index (χ2n) is 9.08. The number of anilines is 1. The van der Waals surface area contributed by atoms with Gasteiger partial charge in [-0.3, -0.25) is 9.69 Å². The van der Waals surface area contributed by atoms with Crippen LogP contribution in [0.25, 0.3) is 32.4 Å².